The molecule has 1 amide bonds. The van der Waals surface area contributed by atoms with Crippen molar-refractivity contribution in [3.05, 3.63) is 54.1 Å². The van der Waals surface area contributed by atoms with Gasteiger partial charge in [0, 0.05) is 5.56 Å². The Morgan fingerprint density at radius 3 is 2.67 bits per heavy atom. The summed E-state index contributed by atoms with van der Waals surface area (Å²) in [4.78, 5) is 25.2. The number of nitrogens with one attached hydrogen (secondary N) is 1. The van der Waals surface area contributed by atoms with Crippen LogP contribution in [0.25, 0.3) is 15.2 Å². The first-order valence-corrected chi connectivity index (χ1v) is 10.0. The first-order valence-electron chi connectivity index (χ1n) is 8.35. The van der Waals surface area contributed by atoms with Crippen molar-refractivity contribution in [1.29, 1.82) is 0 Å². The number of aromatic nitrogens is 3. The Morgan fingerprint density at radius 1 is 1.11 bits per heavy atom. The number of carbonyl (C=O) groups excluding carboxylic acids is 2. The van der Waals surface area contributed by atoms with Gasteiger partial charge in [0.15, 0.2) is 10.9 Å². The molecule has 8 heteroatoms. The van der Waals surface area contributed by atoms with Gasteiger partial charge in [-0.15, -0.1) is 10.2 Å². The summed E-state index contributed by atoms with van der Waals surface area (Å²) < 4.78 is 3.09. The van der Waals surface area contributed by atoms with Gasteiger partial charge in [0.2, 0.25) is 10.9 Å². The lowest BCUT2D eigenvalue weighted by Crippen LogP contribution is -2.23. The lowest BCUT2D eigenvalue weighted by Gasteiger charge is -2.13. The number of rotatable bonds is 5. The molecule has 6 nitrogen and oxygen atoms in total. The van der Waals surface area contributed by atoms with Gasteiger partial charge in [-0.3, -0.25) is 14.0 Å². The molecule has 0 saturated heterocycles. The zero-order valence-corrected chi connectivity index (χ0v) is 16.3. The average Bonchev–Trinajstić information content (AvgIpc) is 3.21. The molecule has 0 saturated carbocycles. The topological polar surface area (TPSA) is 76.4 Å². The fourth-order valence-electron chi connectivity index (χ4n) is 2.78. The number of para-hydroxylation sites is 2. The number of benzene rings is 2. The van der Waals surface area contributed by atoms with E-state index in [1.54, 1.807) is 35.6 Å². The molecule has 0 fully saturated rings. The highest BCUT2D eigenvalue weighted by atomic mass is 32.2. The van der Waals surface area contributed by atoms with Crippen LogP contribution in [0.3, 0.4) is 0 Å². The molecule has 2 aromatic heterocycles. The maximum Gasteiger partial charge on any atom is 0.237 e. The van der Waals surface area contributed by atoms with E-state index in [1.165, 1.54) is 18.7 Å². The van der Waals surface area contributed by atoms with Crippen molar-refractivity contribution in [1.82, 2.24) is 14.6 Å². The summed E-state index contributed by atoms with van der Waals surface area (Å²) in [6.07, 6.45) is 0. The molecule has 2 aromatic carbocycles. The quantitative estimate of drug-likeness (QED) is 0.403. The zero-order chi connectivity index (χ0) is 19.0. The number of fused-ring (bicyclic) bond motifs is 3. The van der Waals surface area contributed by atoms with E-state index in [-0.39, 0.29) is 11.7 Å². The Morgan fingerprint density at radius 2 is 1.85 bits per heavy atom. The highest BCUT2D eigenvalue weighted by Gasteiger charge is 2.21. The second kappa shape index (κ2) is 7.13. The molecule has 0 aliphatic rings. The van der Waals surface area contributed by atoms with E-state index in [2.05, 4.69) is 15.5 Å². The summed E-state index contributed by atoms with van der Waals surface area (Å²) in [6.45, 7) is 3.30. The molecule has 0 spiro atoms. The van der Waals surface area contributed by atoms with E-state index in [0.29, 0.717) is 16.4 Å². The van der Waals surface area contributed by atoms with Gasteiger partial charge in [-0.25, -0.2) is 0 Å². The highest BCUT2D eigenvalue weighted by molar-refractivity contribution is 8.00. The standard InChI is InChI=1S/C19H16N4O2S2/c1-11(24)13-7-3-4-8-14(13)20-17(25)12(2)26-18-21-22-19-23(18)15-9-5-6-10-16(15)27-19/h3-10,12H,1-2H3,(H,20,25). The van der Waals surface area contributed by atoms with Crippen molar-refractivity contribution in [2.45, 2.75) is 24.3 Å². The van der Waals surface area contributed by atoms with Crippen molar-refractivity contribution in [3.8, 4) is 0 Å². The molecule has 1 N–H and O–H groups in total. The summed E-state index contributed by atoms with van der Waals surface area (Å²) in [7, 11) is 0. The highest BCUT2D eigenvalue weighted by Crippen LogP contribution is 2.31. The average molecular weight is 396 g/mol. The third-order valence-corrected chi connectivity index (χ3v) is 6.18. The third kappa shape index (κ3) is 3.33. The van der Waals surface area contributed by atoms with Gasteiger partial charge >= 0.3 is 0 Å². The van der Waals surface area contributed by atoms with Crippen molar-refractivity contribution < 1.29 is 9.59 Å². The smallest absolute Gasteiger partial charge is 0.237 e. The van der Waals surface area contributed by atoms with E-state index in [1.807, 2.05) is 35.6 Å². The minimum absolute atomic E-state index is 0.0879. The molecule has 0 aliphatic carbocycles. The number of carbonyl (C=O) groups is 2. The number of thioether (sulfide) groups is 1. The fraction of sp³-hybridized carbons (Fsp3) is 0.158. The van der Waals surface area contributed by atoms with Crippen LogP contribution in [-0.4, -0.2) is 31.5 Å². The van der Waals surface area contributed by atoms with Crippen molar-refractivity contribution in [2.24, 2.45) is 0 Å². The summed E-state index contributed by atoms with van der Waals surface area (Å²) in [5.74, 6) is -0.278. The summed E-state index contributed by atoms with van der Waals surface area (Å²) in [6, 6.07) is 15.0. The van der Waals surface area contributed by atoms with Gasteiger partial charge in [0.1, 0.15) is 0 Å². The maximum atomic E-state index is 12.7. The first kappa shape index (κ1) is 17.7. The second-order valence-electron chi connectivity index (χ2n) is 6.02. The van der Waals surface area contributed by atoms with Crippen LogP contribution in [0.5, 0.6) is 0 Å². The number of hydrogen-bond donors (Lipinski definition) is 1. The van der Waals surface area contributed by atoms with E-state index in [0.717, 1.165) is 15.2 Å². The fourth-order valence-corrected chi connectivity index (χ4v) is 4.66. The normalized spacial score (nSPS) is 12.4. The Kier molecular flexibility index (Phi) is 4.67. The number of Topliss-reactive ketones (excluding diaryl/α,β-unsaturated/α-hetero) is 1. The van der Waals surface area contributed by atoms with Crippen LogP contribution in [0, 0.1) is 0 Å². The van der Waals surface area contributed by atoms with Crippen LogP contribution >= 0.6 is 23.1 Å². The van der Waals surface area contributed by atoms with Crippen molar-refractivity contribution in [3.63, 3.8) is 0 Å². The minimum atomic E-state index is -0.406. The third-order valence-electron chi connectivity index (χ3n) is 4.13. The van der Waals surface area contributed by atoms with Crippen LogP contribution in [0.1, 0.15) is 24.2 Å². The molecular weight excluding hydrogens is 380 g/mol. The molecule has 27 heavy (non-hydrogen) atoms. The van der Waals surface area contributed by atoms with Crippen LogP contribution in [0.15, 0.2) is 53.7 Å². The van der Waals surface area contributed by atoms with E-state index in [4.69, 9.17) is 0 Å². The monoisotopic (exact) mass is 396 g/mol. The number of thiazole rings is 1. The van der Waals surface area contributed by atoms with E-state index in [9.17, 15) is 9.59 Å². The molecule has 1 unspecified atom stereocenters. The molecule has 0 radical (unpaired) electrons. The van der Waals surface area contributed by atoms with Gasteiger partial charge in [0.25, 0.3) is 0 Å². The van der Waals surface area contributed by atoms with Gasteiger partial charge in [-0.2, -0.15) is 0 Å². The zero-order valence-electron chi connectivity index (χ0n) is 14.7. The molecule has 2 heterocycles. The van der Waals surface area contributed by atoms with E-state index >= 15 is 0 Å². The SMILES string of the molecule is CC(=O)c1ccccc1NC(=O)C(C)Sc1nnc2sc3ccccc3n12. The van der Waals surface area contributed by atoms with Crippen LogP contribution in [0.2, 0.25) is 0 Å². The second-order valence-corrected chi connectivity index (χ2v) is 8.34. The number of anilines is 1. The Bertz CT molecular complexity index is 1160. The van der Waals surface area contributed by atoms with Crippen molar-refractivity contribution >= 4 is 55.7 Å². The Labute approximate surface area is 163 Å². The minimum Gasteiger partial charge on any atom is -0.324 e. The molecule has 136 valence electrons. The number of hydrogen-bond acceptors (Lipinski definition) is 6. The van der Waals surface area contributed by atoms with Crippen LogP contribution in [-0.2, 0) is 4.79 Å². The van der Waals surface area contributed by atoms with E-state index < -0.39 is 5.25 Å². The van der Waals surface area contributed by atoms with Crippen molar-refractivity contribution in [2.75, 3.05) is 5.32 Å². The molecule has 4 aromatic rings. The Hall–Kier alpha value is -2.71. The summed E-state index contributed by atoms with van der Waals surface area (Å²) >= 11 is 2.90. The molecular formula is C19H16N4O2S2. The molecule has 0 aliphatic heterocycles. The Balaban J connectivity index is 1.57. The number of nitrogens with zero attached hydrogens (tertiary/aromatic N) is 3. The molecule has 4 rings (SSSR count). The lowest BCUT2D eigenvalue weighted by molar-refractivity contribution is -0.115. The summed E-state index contributed by atoms with van der Waals surface area (Å²) in [5, 5.41) is 11.6. The van der Waals surface area contributed by atoms with Gasteiger partial charge in [0.05, 0.1) is 21.2 Å². The molecule has 1 atom stereocenters. The first-order chi connectivity index (χ1) is 13.0. The van der Waals surface area contributed by atoms with Gasteiger partial charge in [-0.1, -0.05) is 47.4 Å². The predicted octanol–water partition coefficient (Wildman–Crippen LogP) is 4.27. The maximum absolute atomic E-state index is 12.7. The summed E-state index contributed by atoms with van der Waals surface area (Å²) in [5.41, 5.74) is 2.05. The largest absolute Gasteiger partial charge is 0.324 e. The number of ketones is 1. The lowest BCUT2D eigenvalue weighted by atomic mass is 10.1. The number of amides is 1. The van der Waals surface area contributed by atoms with Gasteiger partial charge < -0.3 is 5.32 Å². The predicted molar refractivity (Wildman–Crippen MR) is 109 cm³/mol. The molecule has 0 bridgehead atoms. The van der Waals surface area contributed by atoms with Crippen LogP contribution in [0.4, 0.5) is 5.69 Å². The van der Waals surface area contributed by atoms with Crippen LogP contribution < -0.4 is 5.32 Å². The van der Waals surface area contributed by atoms with Gasteiger partial charge in [-0.05, 0) is 38.1 Å².